The van der Waals surface area contributed by atoms with Gasteiger partial charge < -0.3 is 15.5 Å². The molecule has 0 bridgehead atoms. The van der Waals surface area contributed by atoms with E-state index in [2.05, 4.69) is 10.3 Å². The lowest BCUT2D eigenvalue weighted by Crippen LogP contribution is -2.28. The Balaban J connectivity index is 1.58. The van der Waals surface area contributed by atoms with Crippen molar-refractivity contribution in [2.75, 3.05) is 5.32 Å². The molecule has 3 N–H and O–H groups in total. The molecule has 0 spiro atoms. The molecule has 5 heteroatoms. The lowest BCUT2D eigenvalue weighted by molar-refractivity contribution is -0.116. The molecule has 1 saturated carbocycles. The summed E-state index contributed by atoms with van der Waals surface area (Å²) in [6, 6.07) is 7.45. The number of rotatable bonds is 5. The van der Waals surface area contributed by atoms with E-state index in [1.165, 1.54) is 6.39 Å². The zero-order valence-electron chi connectivity index (χ0n) is 11.1. The van der Waals surface area contributed by atoms with Gasteiger partial charge in [-0.15, -0.1) is 0 Å². The molecular formula is C15H17N3O2. The lowest BCUT2D eigenvalue weighted by Gasteiger charge is -2.10. The van der Waals surface area contributed by atoms with E-state index in [0.29, 0.717) is 18.1 Å². The molecule has 1 amide bonds. The molecule has 0 saturated heterocycles. The van der Waals surface area contributed by atoms with Crippen LogP contribution >= 0.6 is 0 Å². The highest BCUT2D eigenvalue weighted by Crippen LogP contribution is 2.32. The van der Waals surface area contributed by atoms with Gasteiger partial charge in [-0.3, -0.25) is 4.79 Å². The lowest BCUT2D eigenvalue weighted by atomic mass is 10.1. The van der Waals surface area contributed by atoms with Crippen LogP contribution in [0.15, 0.2) is 41.3 Å². The molecule has 5 nitrogen and oxygen atoms in total. The van der Waals surface area contributed by atoms with E-state index in [-0.39, 0.29) is 11.9 Å². The van der Waals surface area contributed by atoms with Gasteiger partial charge in [0.1, 0.15) is 0 Å². The number of aromatic nitrogens is 1. The molecule has 1 unspecified atom stereocenters. The van der Waals surface area contributed by atoms with Gasteiger partial charge in [-0.25, -0.2) is 4.98 Å². The Labute approximate surface area is 117 Å². The number of carbonyl (C=O) groups is 1. The second-order valence-corrected chi connectivity index (χ2v) is 5.20. The van der Waals surface area contributed by atoms with Gasteiger partial charge in [0.2, 0.25) is 5.91 Å². The first-order chi connectivity index (χ1) is 9.72. The zero-order chi connectivity index (χ0) is 13.9. The number of oxazole rings is 1. The molecule has 1 aliphatic carbocycles. The number of hydrogen-bond donors (Lipinski definition) is 2. The molecule has 2 aromatic rings. The second kappa shape index (κ2) is 5.46. The van der Waals surface area contributed by atoms with Gasteiger partial charge in [-0.2, -0.15) is 0 Å². The number of nitrogens with one attached hydrogen (secondary N) is 1. The Bertz CT molecular complexity index is 574. The first-order valence-corrected chi connectivity index (χ1v) is 6.77. The van der Waals surface area contributed by atoms with Crippen molar-refractivity contribution in [1.82, 2.24) is 4.98 Å². The summed E-state index contributed by atoms with van der Waals surface area (Å²) in [7, 11) is 0. The number of anilines is 1. The fourth-order valence-electron chi connectivity index (χ4n) is 2.19. The second-order valence-electron chi connectivity index (χ2n) is 5.20. The quantitative estimate of drug-likeness (QED) is 0.875. The average molecular weight is 271 g/mol. The van der Waals surface area contributed by atoms with Crippen molar-refractivity contribution in [3.8, 4) is 11.3 Å². The van der Waals surface area contributed by atoms with Crippen LogP contribution < -0.4 is 11.1 Å². The highest BCUT2D eigenvalue weighted by Gasteiger charge is 2.29. The zero-order valence-corrected chi connectivity index (χ0v) is 11.1. The van der Waals surface area contributed by atoms with E-state index in [1.807, 2.05) is 24.3 Å². The normalized spacial score (nSPS) is 15.8. The van der Waals surface area contributed by atoms with E-state index in [4.69, 9.17) is 10.2 Å². The van der Waals surface area contributed by atoms with E-state index in [1.54, 1.807) is 6.20 Å². The summed E-state index contributed by atoms with van der Waals surface area (Å²) < 4.78 is 5.21. The highest BCUT2D eigenvalue weighted by atomic mass is 16.3. The Morgan fingerprint density at radius 1 is 1.40 bits per heavy atom. The van der Waals surface area contributed by atoms with Gasteiger partial charge in [0.15, 0.2) is 12.2 Å². The third kappa shape index (κ3) is 3.05. The summed E-state index contributed by atoms with van der Waals surface area (Å²) in [6.07, 6.45) is 5.74. The number of carbonyl (C=O) groups excluding carboxylic acids is 1. The Morgan fingerprint density at radius 3 is 2.75 bits per heavy atom. The summed E-state index contributed by atoms with van der Waals surface area (Å²) >= 11 is 0. The maximum atomic E-state index is 11.8. The summed E-state index contributed by atoms with van der Waals surface area (Å²) in [5.74, 6) is 1.21. The number of nitrogens with zero attached hydrogens (tertiary/aromatic N) is 1. The van der Waals surface area contributed by atoms with Crippen LogP contribution in [-0.4, -0.2) is 16.9 Å². The molecule has 1 aromatic carbocycles. The minimum absolute atomic E-state index is 0.0107. The summed E-state index contributed by atoms with van der Waals surface area (Å²) in [4.78, 5) is 15.7. The summed E-state index contributed by atoms with van der Waals surface area (Å²) in [6.45, 7) is 0. The average Bonchev–Trinajstić information content (AvgIpc) is 3.15. The van der Waals surface area contributed by atoms with Crippen molar-refractivity contribution in [2.24, 2.45) is 11.7 Å². The summed E-state index contributed by atoms with van der Waals surface area (Å²) in [5.41, 5.74) is 7.63. The standard InChI is InChI=1S/C15H17N3O2/c16-13(10-1-2-10)7-15(19)18-12-5-3-11(4-6-12)14-8-17-9-20-14/h3-6,8-10,13H,1-2,7,16H2,(H,18,19). The van der Waals surface area contributed by atoms with Crippen LogP contribution in [0, 0.1) is 5.92 Å². The van der Waals surface area contributed by atoms with Gasteiger partial charge in [-0.05, 0) is 43.0 Å². The van der Waals surface area contributed by atoms with Gasteiger partial charge in [0.05, 0.1) is 6.20 Å². The van der Waals surface area contributed by atoms with Crippen molar-refractivity contribution in [3.05, 3.63) is 36.9 Å². The molecule has 0 radical (unpaired) electrons. The minimum Gasteiger partial charge on any atom is -0.444 e. The number of benzene rings is 1. The van der Waals surface area contributed by atoms with Crippen LogP contribution in [0.25, 0.3) is 11.3 Å². The Hall–Kier alpha value is -2.14. The molecule has 3 rings (SSSR count). The monoisotopic (exact) mass is 271 g/mol. The SMILES string of the molecule is NC(CC(=O)Nc1ccc(-c2cnco2)cc1)C1CC1. The van der Waals surface area contributed by atoms with Crippen LogP contribution in [0.5, 0.6) is 0 Å². The van der Waals surface area contributed by atoms with Crippen LogP contribution in [0.4, 0.5) is 5.69 Å². The van der Waals surface area contributed by atoms with Crippen LogP contribution in [-0.2, 0) is 4.79 Å². The van der Waals surface area contributed by atoms with Gasteiger partial charge in [-0.1, -0.05) is 0 Å². The van der Waals surface area contributed by atoms with E-state index in [9.17, 15) is 4.79 Å². The van der Waals surface area contributed by atoms with Crippen LogP contribution in [0.1, 0.15) is 19.3 Å². The first-order valence-electron chi connectivity index (χ1n) is 6.77. The van der Waals surface area contributed by atoms with E-state index >= 15 is 0 Å². The molecule has 1 heterocycles. The van der Waals surface area contributed by atoms with Crippen molar-refractivity contribution < 1.29 is 9.21 Å². The molecule has 0 aliphatic heterocycles. The fourth-order valence-corrected chi connectivity index (χ4v) is 2.19. The van der Waals surface area contributed by atoms with Gasteiger partial charge in [0, 0.05) is 23.7 Å². The Kier molecular flexibility index (Phi) is 3.52. The number of hydrogen-bond acceptors (Lipinski definition) is 4. The smallest absolute Gasteiger partial charge is 0.225 e. The van der Waals surface area contributed by atoms with Gasteiger partial charge in [0.25, 0.3) is 0 Å². The Morgan fingerprint density at radius 2 is 2.15 bits per heavy atom. The molecule has 1 aliphatic rings. The molecule has 1 fully saturated rings. The minimum atomic E-state index is -0.0307. The molecule has 1 atom stereocenters. The predicted octanol–water partition coefficient (Wildman–Crippen LogP) is 2.41. The maximum absolute atomic E-state index is 11.8. The number of nitrogens with two attached hydrogens (primary N) is 1. The molecule has 104 valence electrons. The van der Waals surface area contributed by atoms with E-state index < -0.39 is 0 Å². The van der Waals surface area contributed by atoms with Gasteiger partial charge >= 0.3 is 0 Å². The van der Waals surface area contributed by atoms with Crippen molar-refractivity contribution in [2.45, 2.75) is 25.3 Å². The predicted molar refractivity (Wildman–Crippen MR) is 75.9 cm³/mol. The largest absolute Gasteiger partial charge is 0.444 e. The first kappa shape index (κ1) is 12.9. The highest BCUT2D eigenvalue weighted by molar-refractivity contribution is 5.91. The topological polar surface area (TPSA) is 81.2 Å². The van der Waals surface area contributed by atoms with Crippen LogP contribution in [0.2, 0.25) is 0 Å². The summed E-state index contributed by atoms with van der Waals surface area (Å²) in [5, 5.41) is 2.86. The molecule has 20 heavy (non-hydrogen) atoms. The molecular weight excluding hydrogens is 254 g/mol. The van der Waals surface area contributed by atoms with Crippen LogP contribution in [0.3, 0.4) is 0 Å². The van der Waals surface area contributed by atoms with E-state index in [0.717, 1.165) is 24.1 Å². The van der Waals surface area contributed by atoms with Crippen molar-refractivity contribution in [1.29, 1.82) is 0 Å². The third-order valence-electron chi connectivity index (χ3n) is 3.53. The fraction of sp³-hybridized carbons (Fsp3) is 0.333. The van der Waals surface area contributed by atoms with Crippen molar-refractivity contribution in [3.63, 3.8) is 0 Å². The molecule has 1 aromatic heterocycles. The third-order valence-corrected chi connectivity index (χ3v) is 3.53. The van der Waals surface area contributed by atoms with Crippen molar-refractivity contribution >= 4 is 11.6 Å². The maximum Gasteiger partial charge on any atom is 0.225 e. The number of amides is 1.